The Kier molecular flexibility index (Phi) is 4.30. The van der Waals surface area contributed by atoms with Gasteiger partial charge in [-0.2, -0.15) is 0 Å². The van der Waals surface area contributed by atoms with Gasteiger partial charge < -0.3 is 0 Å². The quantitative estimate of drug-likeness (QED) is 0.706. The number of hydrogen-bond donors (Lipinski definition) is 0. The van der Waals surface area contributed by atoms with Crippen LogP contribution in [0.25, 0.3) is 11.1 Å². The van der Waals surface area contributed by atoms with Gasteiger partial charge in [-0.1, -0.05) is 72.3 Å². The molecule has 1 heteroatoms. The Morgan fingerprint density at radius 3 is 2.41 bits per heavy atom. The van der Waals surface area contributed by atoms with Crippen molar-refractivity contribution in [3.8, 4) is 22.3 Å². The zero-order valence-electron chi connectivity index (χ0n) is 9.81. The molecule has 2 rings (SSSR count). The first-order valence-corrected chi connectivity index (χ1v) is 6.57. The molecule has 0 saturated heterocycles. The van der Waals surface area contributed by atoms with E-state index in [2.05, 4.69) is 59.7 Å². The molecule has 0 radical (unpaired) electrons. The van der Waals surface area contributed by atoms with Crippen LogP contribution in [0, 0.1) is 11.2 Å². The number of rotatable bonds is 3. The highest BCUT2D eigenvalue weighted by Crippen LogP contribution is 2.26. The molecule has 0 saturated carbocycles. The molecule has 0 aliphatic heterocycles. The standard InChI is InChI=1S/C16H14S/c1-2-12-17-13-15-10-6-7-11-16(15)14-8-4-3-5-9-14/h3-11H,13H2,1H3. The van der Waals surface area contributed by atoms with E-state index in [4.69, 9.17) is 0 Å². The maximum atomic E-state index is 3.04. The highest BCUT2D eigenvalue weighted by Gasteiger charge is 2.03. The normalized spacial score (nSPS) is 9.47. The fourth-order valence-electron chi connectivity index (χ4n) is 1.73. The maximum Gasteiger partial charge on any atom is 0.0314 e. The SMILES string of the molecule is CC#CSCc1ccccc1-c1ccccc1. The van der Waals surface area contributed by atoms with Gasteiger partial charge in [0.2, 0.25) is 0 Å². The smallest absolute Gasteiger partial charge is 0.0314 e. The highest BCUT2D eigenvalue weighted by molar-refractivity contribution is 8.03. The van der Waals surface area contributed by atoms with Crippen molar-refractivity contribution in [3.05, 3.63) is 60.2 Å². The highest BCUT2D eigenvalue weighted by atomic mass is 32.2. The monoisotopic (exact) mass is 238 g/mol. The van der Waals surface area contributed by atoms with Crippen molar-refractivity contribution in [2.45, 2.75) is 12.7 Å². The van der Waals surface area contributed by atoms with Gasteiger partial charge in [0.05, 0.1) is 0 Å². The van der Waals surface area contributed by atoms with E-state index in [-0.39, 0.29) is 0 Å². The Morgan fingerprint density at radius 1 is 0.941 bits per heavy atom. The van der Waals surface area contributed by atoms with Crippen molar-refractivity contribution in [2.24, 2.45) is 0 Å². The van der Waals surface area contributed by atoms with Crippen LogP contribution in [0.3, 0.4) is 0 Å². The molecule has 0 nitrogen and oxygen atoms in total. The van der Waals surface area contributed by atoms with Crippen molar-refractivity contribution >= 4 is 11.8 Å². The number of benzene rings is 2. The van der Waals surface area contributed by atoms with E-state index in [0.717, 1.165) is 5.75 Å². The molecule has 0 amide bonds. The molecule has 0 aliphatic rings. The fraction of sp³-hybridized carbons (Fsp3) is 0.125. The minimum absolute atomic E-state index is 0.936. The second-order valence-corrected chi connectivity index (χ2v) is 4.45. The topological polar surface area (TPSA) is 0 Å². The van der Waals surface area contributed by atoms with Gasteiger partial charge in [-0.05, 0) is 28.9 Å². The molecule has 84 valence electrons. The predicted molar refractivity (Wildman–Crippen MR) is 76.6 cm³/mol. The summed E-state index contributed by atoms with van der Waals surface area (Å²) in [5, 5.41) is 3.04. The number of thioether (sulfide) groups is 1. The van der Waals surface area contributed by atoms with Crippen molar-refractivity contribution in [1.82, 2.24) is 0 Å². The van der Waals surface area contributed by atoms with Gasteiger partial charge >= 0.3 is 0 Å². The van der Waals surface area contributed by atoms with Crippen LogP contribution in [0.1, 0.15) is 12.5 Å². The lowest BCUT2D eigenvalue weighted by Gasteiger charge is -2.07. The van der Waals surface area contributed by atoms with E-state index in [1.165, 1.54) is 16.7 Å². The molecule has 0 spiro atoms. The van der Waals surface area contributed by atoms with Crippen LogP contribution >= 0.6 is 11.8 Å². The third kappa shape index (κ3) is 3.15. The molecule has 2 aromatic rings. The summed E-state index contributed by atoms with van der Waals surface area (Å²) in [5.74, 6) is 3.85. The lowest BCUT2D eigenvalue weighted by molar-refractivity contribution is 1.41. The first-order valence-electron chi connectivity index (χ1n) is 5.58. The molecule has 0 heterocycles. The molecule has 17 heavy (non-hydrogen) atoms. The van der Waals surface area contributed by atoms with Crippen LogP contribution in [-0.2, 0) is 5.75 Å². The predicted octanol–water partition coefficient (Wildman–Crippen LogP) is 4.57. The number of hydrogen-bond acceptors (Lipinski definition) is 1. The zero-order chi connectivity index (χ0) is 11.9. The van der Waals surface area contributed by atoms with E-state index in [1.54, 1.807) is 11.8 Å². The van der Waals surface area contributed by atoms with Crippen molar-refractivity contribution in [1.29, 1.82) is 0 Å². The average Bonchev–Trinajstić information content (AvgIpc) is 2.41. The molecular formula is C16H14S. The van der Waals surface area contributed by atoms with Gasteiger partial charge in [0.15, 0.2) is 0 Å². The lowest BCUT2D eigenvalue weighted by Crippen LogP contribution is -1.86. The Balaban J connectivity index is 2.30. The largest absolute Gasteiger partial charge is 0.0947 e. The Labute approximate surface area is 107 Å². The van der Waals surface area contributed by atoms with Gasteiger partial charge in [0.1, 0.15) is 0 Å². The second-order valence-electron chi connectivity index (χ2n) is 3.66. The van der Waals surface area contributed by atoms with Gasteiger partial charge in [0, 0.05) is 5.75 Å². The molecule has 0 aromatic heterocycles. The summed E-state index contributed by atoms with van der Waals surface area (Å²) < 4.78 is 0. The van der Waals surface area contributed by atoms with E-state index in [0.29, 0.717) is 0 Å². The van der Waals surface area contributed by atoms with Crippen molar-refractivity contribution < 1.29 is 0 Å². The molecule has 0 bridgehead atoms. The van der Waals surface area contributed by atoms with E-state index in [9.17, 15) is 0 Å². The van der Waals surface area contributed by atoms with Crippen LogP contribution in [0.5, 0.6) is 0 Å². The summed E-state index contributed by atoms with van der Waals surface area (Å²) in [6.07, 6.45) is 0. The zero-order valence-corrected chi connectivity index (χ0v) is 10.6. The van der Waals surface area contributed by atoms with E-state index >= 15 is 0 Å². The molecule has 2 aromatic carbocycles. The van der Waals surface area contributed by atoms with Crippen LogP contribution in [-0.4, -0.2) is 0 Å². The third-order valence-corrected chi connectivity index (χ3v) is 3.31. The molecule has 0 fully saturated rings. The Hall–Kier alpha value is -1.65. The maximum absolute atomic E-state index is 3.04. The first-order chi connectivity index (χ1) is 8.42. The summed E-state index contributed by atoms with van der Waals surface area (Å²) >= 11 is 1.65. The summed E-state index contributed by atoms with van der Waals surface area (Å²) in [4.78, 5) is 0. The minimum Gasteiger partial charge on any atom is -0.0947 e. The summed E-state index contributed by atoms with van der Waals surface area (Å²) in [6.45, 7) is 1.87. The third-order valence-electron chi connectivity index (χ3n) is 2.50. The molecule has 0 unspecified atom stereocenters. The Morgan fingerprint density at radius 2 is 1.65 bits per heavy atom. The van der Waals surface area contributed by atoms with Crippen LogP contribution in [0.4, 0.5) is 0 Å². The van der Waals surface area contributed by atoms with E-state index in [1.807, 2.05) is 13.0 Å². The van der Waals surface area contributed by atoms with Gasteiger partial charge in [-0.3, -0.25) is 0 Å². The molecule has 0 N–H and O–H groups in total. The van der Waals surface area contributed by atoms with Gasteiger partial charge in [-0.25, -0.2) is 0 Å². The van der Waals surface area contributed by atoms with Gasteiger partial charge in [0.25, 0.3) is 0 Å². The first kappa shape index (κ1) is 11.8. The minimum atomic E-state index is 0.936. The van der Waals surface area contributed by atoms with Crippen molar-refractivity contribution in [3.63, 3.8) is 0 Å². The van der Waals surface area contributed by atoms with Crippen LogP contribution in [0.15, 0.2) is 54.6 Å². The summed E-state index contributed by atoms with van der Waals surface area (Å²) in [5.41, 5.74) is 3.91. The Bertz CT molecular complexity index is 532. The average molecular weight is 238 g/mol. The van der Waals surface area contributed by atoms with Crippen molar-refractivity contribution in [2.75, 3.05) is 0 Å². The molecule has 0 aliphatic carbocycles. The van der Waals surface area contributed by atoms with Crippen LogP contribution < -0.4 is 0 Å². The van der Waals surface area contributed by atoms with E-state index < -0.39 is 0 Å². The lowest BCUT2D eigenvalue weighted by atomic mass is 10.0. The summed E-state index contributed by atoms with van der Waals surface area (Å²) in [7, 11) is 0. The molecular weight excluding hydrogens is 224 g/mol. The fourth-order valence-corrected chi connectivity index (χ4v) is 2.36. The van der Waals surface area contributed by atoms with Gasteiger partial charge in [-0.15, -0.1) is 0 Å². The molecule has 0 atom stereocenters. The second kappa shape index (κ2) is 6.18. The van der Waals surface area contributed by atoms with Crippen LogP contribution in [0.2, 0.25) is 0 Å². The summed E-state index contributed by atoms with van der Waals surface area (Å²) in [6, 6.07) is 19.0.